The molecule has 0 radical (unpaired) electrons. The maximum atomic E-state index is 6.48. The Morgan fingerprint density at radius 1 is 1.32 bits per heavy atom. The standard InChI is InChI=1S/C14H11Cl2NS2/c1-8-7-18-14(13(8)16)9(15)6-12-17-10-4-2-3-5-11(10)19-12/h2-5,7,9H,6H2,1H3. The van der Waals surface area contributed by atoms with E-state index >= 15 is 0 Å². The predicted octanol–water partition coefficient (Wildman–Crippen LogP) is 5.84. The van der Waals surface area contributed by atoms with E-state index in [0.717, 1.165) is 32.4 Å². The molecule has 0 fully saturated rings. The number of para-hydroxylation sites is 1. The third-order valence-corrected chi connectivity index (χ3v) is 6.29. The van der Waals surface area contributed by atoms with E-state index in [-0.39, 0.29) is 5.38 Å². The number of hydrogen-bond donors (Lipinski definition) is 0. The molecule has 0 aliphatic carbocycles. The Kier molecular flexibility index (Phi) is 3.81. The molecule has 0 aliphatic rings. The van der Waals surface area contributed by atoms with Crippen LogP contribution in [-0.2, 0) is 6.42 Å². The van der Waals surface area contributed by atoms with Crippen LogP contribution in [0.2, 0.25) is 5.02 Å². The second-order valence-electron chi connectivity index (χ2n) is 4.34. The van der Waals surface area contributed by atoms with Crippen molar-refractivity contribution in [3.8, 4) is 0 Å². The Morgan fingerprint density at radius 3 is 2.79 bits per heavy atom. The summed E-state index contributed by atoms with van der Waals surface area (Å²) in [5, 5.41) is 3.80. The van der Waals surface area contributed by atoms with Gasteiger partial charge in [0.05, 0.1) is 25.6 Å². The van der Waals surface area contributed by atoms with Crippen LogP contribution >= 0.6 is 45.9 Å². The number of halogens is 2. The van der Waals surface area contributed by atoms with E-state index in [1.807, 2.05) is 30.5 Å². The lowest BCUT2D eigenvalue weighted by molar-refractivity contribution is 0.929. The van der Waals surface area contributed by atoms with E-state index in [1.165, 1.54) is 4.70 Å². The number of fused-ring (bicyclic) bond motifs is 1. The molecule has 1 aromatic carbocycles. The average molecular weight is 328 g/mol. The second kappa shape index (κ2) is 5.41. The summed E-state index contributed by atoms with van der Waals surface area (Å²) in [6, 6.07) is 8.15. The van der Waals surface area contributed by atoms with Gasteiger partial charge in [0.1, 0.15) is 0 Å². The summed E-state index contributed by atoms with van der Waals surface area (Å²) in [6.07, 6.45) is 0.723. The van der Waals surface area contributed by atoms with E-state index in [1.54, 1.807) is 22.7 Å². The van der Waals surface area contributed by atoms with Crippen LogP contribution in [0, 0.1) is 6.92 Å². The summed E-state index contributed by atoms with van der Waals surface area (Å²) in [5.41, 5.74) is 2.14. The minimum Gasteiger partial charge on any atom is -0.241 e. The van der Waals surface area contributed by atoms with Crippen LogP contribution in [0.1, 0.15) is 20.8 Å². The molecule has 98 valence electrons. The molecule has 2 heterocycles. The Morgan fingerprint density at radius 2 is 2.11 bits per heavy atom. The molecule has 19 heavy (non-hydrogen) atoms. The zero-order valence-corrected chi connectivity index (χ0v) is 13.3. The highest BCUT2D eigenvalue weighted by Gasteiger charge is 2.18. The van der Waals surface area contributed by atoms with Crippen molar-refractivity contribution in [2.24, 2.45) is 0 Å². The number of alkyl halides is 1. The van der Waals surface area contributed by atoms with Gasteiger partial charge in [-0.3, -0.25) is 0 Å². The molecule has 1 nitrogen and oxygen atoms in total. The Labute approximate surface area is 129 Å². The molecule has 0 aliphatic heterocycles. The molecule has 2 aromatic heterocycles. The maximum absolute atomic E-state index is 6.48. The molecule has 0 spiro atoms. The van der Waals surface area contributed by atoms with Crippen molar-refractivity contribution in [2.45, 2.75) is 18.7 Å². The van der Waals surface area contributed by atoms with Gasteiger partial charge in [-0.05, 0) is 30.0 Å². The van der Waals surface area contributed by atoms with Crippen molar-refractivity contribution in [3.63, 3.8) is 0 Å². The fraction of sp³-hybridized carbons (Fsp3) is 0.214. The molecule has 5 heteroatoms. The lowest BCUT2D eigenvalue weighted by atomic mass is 10.2. The van der Waals surface area contributed by atoms with Crippen molar-refractivity contribution in [1.29, 1.82) is 0 Å². The molecule has 3 rings (SSSR count). The second-order valence-corrected chi connectivity index (χ2v) is 7.28. The normalized spacial score (nSPS) is 13.0. The number of benzene rings is 1. The Balaban J connectivity index is 1.86. The van der Waals surface area contributed by atoms with E-state index < -0.39 is 0 Å². The number of rotatable bonds is 3. The largest absolute Gasteiger partial charge is 0.241 e. The number of nitrogens with zero attached hydrogens (tertiary/aromatic N) is 1. The number of aryl methyl sites for hydroxylation is 1. The summed E-state index contributed by atoms with van der Waals surface area (Å²) in [6.45, 7) is 2.00. The average Bonchev–Trinajstić information content (AvgIpc) is 2.93. The van der Waals surface area contributed by atoms with Crippen LogP contribution < -0.4 is 0 Å². The van der Waals surface area contributed by atoms with Gasteiger partial charge in [0.25, 0.3) is 0 Å². The van der Waals surface area contributed by atoms with Crippen molar-refractivity contribution in [3.05, 3.63) is 50.1 Å². The van der Waals surface area contributed by atoms with Gasteiger partial charge in [-0.2, -0.15) is 0 Å². The minimum atomic E-state index is -0.105. The molecule has 0 N–H and O–H groups in total. The van der Waals surface area contributed by atoms with Crippen LogP contribution in [0.25, 0.3) is 10.2 Å². The molecular weight excluding hydrogens is 317 g/mol. The molecule has 0 saturated heterocycles. The highest BCUT2D eigenvalue weighted by Crippen LogP contribution is 2.38. The molecule has 0 bridgehead atoms. The van der Waals surface area contributed by atoms with Crippen LogP contribution in [0.3, 0.4) is 0 Å². The molecule has 3 aromatic rings. The molecule has 1 atom stereocenters. The summed E-state index contributed by atoms with van der Waals surface area (Å²) in [7, 11) is 0. The fourth-order valence-corrected chi connectivity index (χ4v) is 4.79. The van der Waals surface area contributed by atoms with Crippen molar-refractivity contribution in [1.82, 2.24) is 4.98 Å². The quantitative estimate of drug-likeness (QED) is 0.550. The lowest BCUT2D eigenvalue weighted by Gasteiger charge is -2.05. The third kappa shape index (κ3) is 2.65. The van der Waals surface area contributed by atoms with Gasteiger partial charge in [-0.15, -0.1) is 34.3 Å². The van der Waals surface area contributed by atoms with E-state index in [4.69, 9.17) is 23.2 Å². The number of thiophene rings is 1. The first-order chi connectivity index (χ1) is 9.15. The smallest absolute Gasteiger partial charge is 0.0957 e. The summed E-state index contributed by atoms with van der Waals surface area (Å²) in [5.74, 6) is 0. The Bertz CT molecular complexity index is 684. The maximum Gasteiger partial charge on any atom is 0.0957 e. The predicted molar refractivity (Wildman–Crippen MR) is 86.0 cm³/mol. The minimum absolute atomic E-state index is 0.105. The van der Waals surface area contributed by atoms with Crippen molar-refractivity contribution >= 4 is 56.1 Å². The fourth-order valence-electron chi connectivity index (χ4n) is 1.91. The zero-order valence-electron chi connectivity index (χ0n) is 10.2. The molecule has 1 unspecified atom stereocenters. The van der Waals surface area contributed by atoms with Gasteiger partial charge in [0.15, 0.2) is 0 Å². The molecule has 0 saturated carbocycles. The van der Waals surface area contributed by atoms with Crippen molar-refractivity contribution < 1.29 is 0 Å². The molecular formula is C14H11Cl2NS2. The number of thiazole rings is 1. The van der Waals surface area contributed by atoms with Crippen LogP contribution in [0.4, 0.5) is 0 Å². The summed E-state index contributed by atoms with van der Waals surface area (Å²) in [4.78, 5) is 5.65. The van der Waals surface area contributed by atoms with Gasteiger partial charge < -0.3 is 0 Å². The van der Waals surface area contributed by atoms with Crippen LogP contribution in [0.15, 0.2) is 29.6 Å². The number of aromatic nitrogens is 1. The van der Waals surface area contributed by atoms with Gasteiger partial charge in [0, 0.05) is 11.3 Å². The summed E-state index contributed by atoms with van der Waals surface area (Å²) < 4.78 is 1.20. The zero-order chi connectivity index (χ0) is 13.4. The highest BCUT2D eigenvalue weighted by molar-refractivity contribution is 7.18. The SMILES string of the molecule is Cc1csc(C(Cl)Cc2nc3ccccc3s2)c1Cl. The summed E-state index contributed by atoms with van der Waals surface area (Å²) >= 11 is 16.1. The van der Waals surface area contributed by atoms with Gasteiger partial charge in [0.2, 0.25) is 0 Å². The lowest BCUT2D eigenvalue weighted by Crippen LogP contribution is -1.93. The van der Waals surface area contributed by atoms with Gasteiger partial charge in [-0.25, -0.2) is 4.98 Å². The van der Waals surface area contributed by atoms with Gasteiger partial charge >= 0.3 is 0 Å². The Hall–Kier alpha value is -0.610. The van der Waals surface area contributed by atoms with Crippen LogP contribution in [-0.4, -0.2) is 4.98 Å². The van der Waals surface area contributed by atoms with Crippen molar-refractivity contribution in [2.75, 3.05) is 0 Å². The number of hydrogen-bond acceptors (Lipinski definition) is 3. The van der Waals surface area contributed by atoms with E-state index in [0.29, 0.717) is 0 Å². The van der Waals surface area contributed by atoms with E-state index in [9.17, 15) is 0 Å². The third-order valence-electron chi connectivity index (χ3n) is 2.90. The van der Waals surface area contributed by atoms with E-state index in [2.05, 4.69) is 11.1 Å². The first kappa shape index (κ1) is 13.4. The monoisotopic (exact) mass is 327 g/mol. The first-order valence-electron chi connectivity index (χ1n) is 5.87. The highest BCUT2D eigenvalue weighted by atomic mass is 35.5. The topological polar surface area (TPSA) is 12.9 Å². The first-order valence-corrected chi connectivity index (χ1v) is 8.38. The van der Waals surface area contributed by atoms with Gasteiger partial charge in [-0.1, -0.05) is 23.7 Å². The van der Waals surface area contributed by atoms with Crippen LogP contribution in [0.5, 0.6) is 0 Å². The molecule has 0 amide bonds.